The molecule has 0 saturated carbocycles. The van der Waals surface area contributed by atoms with Crippen LogP contribution in [0.3, 0.4) is 0 Å². The molecule has 0 bridgehead atoms. The average molecular weight is 244 g/mol. The fourth-order valence-corrected chi connectivity index (χ4v) is 2.91. The second-order valence-corrected chi connectivity index (χ2v) is 5.37. The first-order valence-electron chi connectivity index (χ1n) is 6.17. The Balaban J connectivity index is 2.37. The number of nitrogens with zero attached hydrogens (tertiary/aromatic N) is 2. The molecule has 0 spiro atoms. The molecule has 0 radical (unpaired) electrons. The SMILES string of the molecule is CC1(C)c2ccc(C#N)cc2-c2cc(C#N)ccc21. The van der Waals surface area contributed by atoms with Crippen LogP contribution in [0.5, 0.6) is 0 Å². The normalized spacial score (nSPS) is 14.1. The summed E-state index contributed by atoms with van der Waals surface area (Å²) in [5, 5.41) is 18.1. The fraction of sp³-hybridized carbons (Fsp3) is 0.176. The molecule has 90 valence electrons. The molecule has 1 aliphatic carbocycles. The molecule has 2 aromatic rings. The van der Waals surface area contributed by atoms with Crippen LogP contribution in [0.25, 0.3) is 11.1 Å². The van der Waals surface area contributed by atoms with Crippen LogP contribution in [0.4, 0.5) is 0 Å². The van der Waals surface area contributed by atoms with Crippen molar-refractivity contribution in [2.45, 2.75) is 19.3 Å². The minimum absolute atomic E-state index is 0.0767. The van der Waals surface area contributed by atoms with Crippen molar-refractivity contribution >= 4 is 0 Å². The molecule has 0 heterocycles. The molecule has 19 heavy (non-hydrogen) atoms. The minimum atomic E-state index is -0.0767. The highest BCUT2D eigenvalue weighted by atomic mass is 14.4. The van der Waals surface area contributed by atoms with Crippen molar-refractivity contribution in [3.8, 4) is 23.3 Å². The molecule has 0 aliphatic heterocycles. The van der Waals surface area contributed by atoms with Crippen LogP contribution in [0.15, 0.2) is 36.4 Å². The number of rotatable bonds is 0. The van der Waals surface area contributed by atoms with Crippen LogP contribution in [0.1, 0.15) is 36.1 Å². The maximum atomic E-state index is 9.05. The fourth-order valence-electron chi connectivity index (χ4n) is 2.91. The summed E-state index contributed by atoms with van der Waals surface area (Å²) in [6.45, 7) is 4.35. The van der Waals surface area contributed by atoms with Gasteiger partial charge in [-0.3, -0.25) is 0 Å². The van der Waals surface area contributed by atoms with Crippen molar-refractivity contribution in [3.05, 3.63) is 58.7 Å². The van der Waals surface area contributed by atoms with Gasteiger partial charge >= 0.3 is 0 Å². The summed E-state index contributed by atoms with van der Waals surface area (Å²) < 4.78 is 0. The molecule has 2 nitrogen and oxygen atoms in total. The van der Waals surface area contributed by atoms with Gasteiger partial charge in [0.05, 0.1) is 23.3 Å². The summed E-state index contributed by atoms with van der Waals surface area (Å²) in [6, 6.07) is 16.0. The van der Waals surface area contributed by atoms with E-state index in [0.717, 1.165) is 11.1 Å². The highest BCUT2D eigenvalue weighted by molar-refractivity contribution is 5.82. The van der Waals surface area contributed by atoms with Crippen LogP contribution < -0.4 is 0 Å². The predicted molar refractivity (Wildman–Crippen MR) is 73.4 cm³/mol. The Labute approximate surface area is 112 Å². The van der Waals surface area contributed by atoms with Crippen LogP contribution in [0.2, 0.25) is 0 Å². The first-order valence-corrected chi connectivity index (χ1v) is 6.17. The summed E-state index contributed by atoms with van der Waals surface area (Å²) >= 11 is 0. The Hall–Kier alpha value is -2.58. The molecule has 3 rings (SSSR count). The van der Waals surface area contributed by atoms with Gasteiger partial charge in [0, 0.05) is 5.41 Å². The highest BCUT2D eigenvalue weighted by Gasteiger charge is 2.35. The van der Waals surface area contributed by atoms with Crippen LogP contribution in [-0.4, -0.2) is 0 Å². The maximum absolute atomic E-state index is 9.05. The molecule has 0 atom stereocenters. The molecular formula is C17H12N2. The van der Waals surface area contributed by atoms with Gasteiger partial charge in [0.25, 0.3) is 0 Å². The summed E-state index contributed by atoms with van der Waals surface area (Å²) in [4.78, 5) is 0. The molecule has 2 aromatic carbocycles. The molecular weight excluding hydrogens is 232 g/mol. The quantitative estimate of drug-likeness (QED) is 0.708. The largest absolute Gasteiger partial charge is 0.192 e. The van der Waals surface area contributed by atoms with Gasteiger partial charge in [0.15, 0.2) is 0 Å². The van der Waals surface area contributed by atoms with Crippen molar-refractivity contribution in [3.63, 3.8) is 0 Å². The Bertz CT molecular complexity index is 705. The van der Waals surface area contributed by atoms with Gasteiger partial charge in [-0.05, 0) is 46.5 Å². The third kappa shape index (κ3) is 1.47. The Morgan fingerprint density at radius 1 is 0.789 bits per heavy atom. The van der Waals surface area contributed by atoms with E-state index in [1.54, 1.807) is 0 Å². The number of benzene rings is 2. The van der Waals surface area contributed by atoms with E-state index in [1.807, 2.05) is 36.4 Å². The molecule has 0 unspecified atom stereocenters. The van der Waals surface area contributed by atoms with E-state index in [4.69, 9.17) is 10.5 Å². The van der Waals surface area contributed by atoms with E-state index in [0.29, 0.717) is 11.1 Å². The lowest BCUT2D eigenvalue weighted by Crippen LogP contribution is -2.14. The van der Waals surface area contributed by atoms with E-state index in [9.17, 15) is 0 Å². The zero-order valence-corrected chi connectivity index (χ0v) is 10.9. The van der Waals surface area contributed by atoms with Crippen LogP contribution in [0, 0.1) is 22.7 Å². The predicted octanol–water partition coefficient (Wildman–Crippen LogP) is 3.74. The zero-order valence-electron chi connectivity index (χ0n) is 10.9. The van der Waals surface area contributed by atoms with E-state index in [-0.39, 0.29) is 5.41 Å². The number of hydrogen-bond donors (Lipinski definition) is 0. The van der Waals surface area contributed by atoms with Crippen molar-refractivity contribution in [2.75, 3.05) is 0 Å². The van der Waals surface area contributed by atoms with Gasteiger partial charge in [0.1, 0.15) is 0 Å². The van der Waals surface area contributed by atoms with E-state index in [2.05, 4.69) is 26.0 Å². The number of hydrogen-bond acceptors (Lipinski definition) is 2. The molecule has 2 heteroatoms. The van der Waals surface area contributed by atoms with Crippen molar-refractivity contribution in [1.29, 1.82) is 10.5 Å². The standard InChI is InChI=1S/C17H12N2/c1-17(2)15-5-3-11(9-18)7-13(15)14-8-12(10-19)4-6-16(14)17/h3-8H,1-2H3. The first-order chi connectivity index (χ1) is 9.07. The minimum Gasteiger partial charge on any atom is -0.192 e. The summed E-state index contributed by atoms with van der Waals surface area (Å²) in [5.74, 6) is 0. The van der Waals surface area contributed by atoms with Crippen LogP contribution in [-0.2, 0) is 5.41 Å². The van der Waals surface area contributed by atoms with Crippen molar-refractivity contribution in [1.82, 2.24) is 0 Å². The lowest BCUT2D eigenvalue weighted by Gasteiger charge is -2.21. The highest BCUT2D eigenvalue weighted by Crippen LogP contribution is 2.48. The molecule has 1 aliphatic rings. The summed E-state index contributed by atoms with van der Waals surface area (Å²) in [7, 11) is 0. The first kappa shape index (κ1) is 11.5. The maximum Gasteiger partial charge on any atom is 0.0991 e. The molecule has 0 fully saturated rings. The second kappa shape index (κ2) is 3.70. The summed E-state index contributed by atoms with van der Waals surface area (Å²) in [6.07, 6.45) is 0. The van der Waals surface area contributed by atoms with Crippen LogP contribution >= 0.6 is 0 Å². The Morgan fingerprint density at radius 2 is 1.21 bits per heavy atom. The van der Waals surface area contributed by atoms with E-state index in [1.165, 1.54) is 11.1 Å². The van der Waals surface area contributed by atoms with Gasteiger partial charge < -0.3 is 0 Å². The van der Waals surface area contributed by atoms with Gasteiger partial charge in [-0.25, -0.2) is 0 Å². The average Bonchev–Trinajstić information content (AvgIpc) is 2.66. The van der Waals surface area contributed by atoms with Crippen molar-refractivity contribution in [2.24, 2.45) is 0 Å². The van der Waals surface area contributed by atoms with Gasteiger partial charge in [-0.15, -0.1) is 0 Å². The molecule has 0 aromatic heterocycles. The lowest BCUT2D eigenvalue weighted by atomic mass is 9.82. The van der Waals surface area contributed by atoms with Gasteiger partial charge in [-0.1, -0.05) is 26.0 Å². The molecule has 0 amide bonds. The van der Waals surface area contributed by atoms with Gasteiger partial charge in [-0.2, -0.15) is 10.5 Å². The van der Waals surface area contributed by atoms with E-state index < -0.39 is 0 Å². The Morgan fingerprint density at radius 3 is 1.58 bits per heavy atom. The number of nitriles is 2. The Kier molecular flexibility index (Phi) is 2.24. The van der Waals surface area contributed by atoms with Crippen molar-refractivity contribution < 1.29 is 0 Å². The summed E-state index contributed by atoms with van der Waals surface area (Å²) in [5.41, 5.74) is 5.84. The third-order valence-electron chi connectivity index (χ3n) is 3.93. The third-order valence-corrected chi connectivity index (χ3v) is 3.93. The topological polar surface area (TPSA) is 47.6 Å². The number of fused-ring (bicyclic) bond motifs is 3. The smallest absolute Gasteiger partial charge is 0.0991 e. The van der Waals surface area contributed by atoms with Gasteiger partial charge in [0.2, 0.25) is 0 Å². The lowest BCUT2D eigenvalue weighted by molar-refractivity contribution is 0.660. The molecule has 0 saturated heterocycles. The van der Waals surface area contributed by atoms with E-state index >= 15 is 0 Å². The monoisotopic (exact) mass is 244 g/mol. The zero-order chi connectivity index (χ0) is 13.6. The second-order valence-electron chi connectivity index (χ2n) is 5.37. The molecule has 0 N–H and O–H groups in total.